The molecule has 108 valence electrons. The van der Waals surface area contributed by atoms with Gasteiger partial charge in [0.15, 0.2) is 0 Å². The van der Waals surface area contributed by atoms with E-state index in [2.05, 4.69) is 0 Å². The quantitative estimate of drug-likeness (QED) is 0.837. The summed E-state index contributed by atoms with van der Waals surface area (Å²) in [6, 6.07) is 7.71. The van der Waals surface area contributed by atoms with Crippen LogP contribution in [0.1, 0.15) is 0 Å². The number of carbonyl (C=O) groups is 2. The zero-order valence-corrected chi connectivity index (χ0v) is 10.5. The second-order valence-corrected chi connectivity index (χ2v) is 4.01. The first kappa shape index (κ1) is 14.6. The molecule has 0 radical (unpaired) electrons. The maximum absolute atomic E-state index is 13.3. The van der Waals surface area contributed by atoms with Crippen LogP contribution in [-0.2, 0) is 9.59 Å². The van der Waals surface area contributed by atoms with Crippen molar-refractivity contribution in [1.29, 1.82) is 0 Å². The van der Waals surface area contributed by atoms with Crippen LogP contribution >= 0.6 is 0 Å². The van der Waals surface area contributed by atoms with Crippen LogP contribution in [0.15, 0.2) is 42.5 Å². The third-order valence-electron chi connectivity index (χ3n) is 2.51. The number of amides is 2. The summed E-state index contributed by atoms with van der Waals surface area (Å²) < 4.78 is 39.3. The molecule has 21 heavy (non-hydrogen) atoms. The van der Waals surface area contributed by atoms with E-state index in [0.717, 1.165) is 18.2 Å². The minimum Gasteiger partial charge on any atom is -0.315 e. The van der Waals surface area contributed by atoms with Crippen LogP contribution in [0.4, 0.5) is 24.5 Å². The van der Waals surface area contributed by atoms with Crippen LogP contribution in [0.3, 0.4) is 0 Å². The summed E-state index contributed by atoms with van der Waals surface area (Å²) in [5.41, 5.74) is -0.540. The third-order valence-corrected chi connectivity index (χ3v) is 2.51. The molecule has 2 rings (SSSR count). The molecule has 0 unspecified atom stereocenters. The highest BCUT2D eigenvalue weighted by Crippen LogP contribution is 2.15. The van der Waals surface area contributed by atoms with E-state index in [1.54, 1.807) is 0 Å². The first-order valence-corrected chi connectivity index (χ1v) is 5.79. The van der Waals surface area contributed by atoms with Gasteiger partial charge < -0.3 is 10.6 Å². The Hall–Kier alpha value is -2.83. The Morgan fingerprint density at radius 3 is 1.90 bits per heavy atom. The largest absolute Gasteiger partial charge is 0.315 e. The van der Waals surface area contributed by atoms with Gasteiger partial charge in [0.25, 0.3) is 0 Å². The maximum Gasteiger partial charge on any atom is 0.314 e. The van der Waals surface area contributed by atoms with Crippen molar-refractivity contribution in [3.8, 4) is 0 Å². The van der Waals surface area contributed by atoms with Gasteiger partial charge in [-0.15, -0.1) is 0 Å². The third kappa shape index (κ3) is 3.59. The Kier molecular flexibility index (Phi) is 4.22. The number of rotatable bonds is 2. The van der Waals surface area contributed by atoms with Gasteiger partial charge in [0.1, 0.15) is 17.5 Å². The van der Waals surface area contributed by atoms with Crippen LogP contribution in [-0.4, -0.2) is 11.8 Å². The van der Waals surface area contributed by atoms with Gasteiger partial charge in [0.05, 0.1) is 11.4 Å². The normalized spacial score (nSPS) is 10.0. The van der Waals surface area contributed by atoms with E-state index >= 15 is 0 Å². The van der Waals surface area contributed by atoms with Gasteiger partial charge in [-0.2, -0.15) is 0 Å². The minimum absolute atomic E-state index is 0.183. The van der Waals surface area contributed by atoms with Crippen molar-refractivity contribution in [2.75, 3.05) is 10.6 Å². The average Bonchev–Trinajstić information content (AvgIpc) is 2.44. The van der Waals surface area contributed by atoms with Gasteiger partial charge in [0, 0.05) is 6.07 Å². The number of carbonyl (C=O) groups excluding carboxylic acids is 2. The average molecular weight is 294 g/mol. The molecular weight excluding hydrogens is 285 g/mol. The molecule has 2 aromatic carbocycles. The lowest BCUT2D eigenvalue weighted by Gasteiger charge is -2.07. The Morgan fingerprint density at radius 2 is 1.33 bits per heavy atom. The zero-order valence-electron chi connectivity index (χ0n) is 10.5. The molecule has 2 amide bonds. The van der Waals surface area contributed by atoms with Crippen molar-refractivity contribution in [3.05, 3.63) is 59.9 Å². The fourth-order valence-corrected chi connectivity index (χ4v) is 1.51. The highest BCUT2D eigenvalue weighted by atomic mass is 19.1. The summed E-state index contributed by atoms with van der Waals surface area (Å²) >= 11 is 0. The maximum atomic E-state index is 13.3. The predicted molar refractivity (Wildman–Crippen MR) is 70.0 cm³/mol. The highest BCUT2D eigenvalue weighted by Gasteiger charge is 2.17. The molecule has 0 aliphatic carbocycles. The molecule has 0 saturated carbocycles. The summed E-state index contributed by atoms with van der Waals surface area (Å²) in [5.74, 6) is -4.94. The second kappa shape index (κ2) is 6.08. The molecule has 2 aromatic rings. The van der Waals surface area contributed by atoms with Gasteiger partial charge in [0.2, 0.25) is 0 Å². The Morgan fingerprint density at radius 1 is 0.762 bits per heavy atom. The van der Waals surface area contributed by atoms with Crippen LogP contribution in [0.2, 0.25) is 0 Å². The van der Waals surface area contributed by atoms with E-state index in [0.29, 0.717) is 6.07 Å². The molecule has 0 bridgehead atoms. The monoisotopic (exact) mass is 294 g/mol. The number of anilines is 2. The van der Waals surface area contributed by atoms with Gasteiger partial charge in [-0.25, -0.2) is 13.2 Å². The van der Waals surface area contributed by atoms with Crippen LogP contribution in [0.25, 0.3) is 0 Å². The van der Waals surface area contributed by atoms with E-state index < -0.39 is 29.3 Å². The molecule has 2 N–H and O–H groups in total. The van der Waals surface area contributed by atoms with Crippen molar-refractivity contribution in [1.82, 2.24) is 0 Å². The molecule has 0 saturated heterocycles. The molecule has 0 aromatic heterocycles. The summed E-state index contributed by atoms with van der Waals surface area (Å²) in [6.45, 7) is 0. The fraction of sp³-hybridized carbons (Fsp3) is 0. The standard InChI is InChI=1S/C14H9F3N2O2/c15-8-5-6-12(10(17)7-8)19-14(21)13(20)18-11-4-2-1-3-9(11)16/h1-7H,(H,18,20)(H,19,21). The Labute approximate surface area is 117 Å². The summed E-state index contributed by atoms with van der Waals surface area (Å²) in [6.07, 6.45) is 0. The fourth-order valence-electron chi connectivity index (χ4n) is 1.51. The smallest absolute Gasteiger partial charge is 0.314 e. The van der Waals surface area contributed by atoms with E-state index in [1.165, 1.54) is 18.2 Å². The van der Waals surface area contributed by atoms with Gasteiger partial charge in [-0.1, -0.05) is 12.1 Å². The van der Waals surface area contributed by atoms with Crippen molar-refractivity contribution >= 4 is 23.2 Å². The van der Waals surface area contributed by atoms with Crippen molar-refractivity contribution in [3.63, 3.8) is 0 Å². The SMILES string of the molecule is O=C(Nc1ccccc1F)C(=O)Nc1ccc(F)cc1F. The van der Waals surface area contributed by atoms with Crippen molar-refractivity contribution in [2.45, 2.75) is 0 Å². The molecular formula is C14H9F3N2O2. The summed E-state index contributed by atoms with van der Waals surface area (Å²) in [4.78, 5) is 23.1. The number of para-hydroxylation sites is 1. The Bertz CT molecular complexity index is 704. The predicted octanol–water partition coefficient (Wildman–Crippen LogP) is 2.68. The Balaban J connectivity index is 2.06. The lowest BCUT2D eigenvalue weighted by molar-refractivity contribution is -0.133. The minimum atomic E-state index is -1.20. The van der Waals surface area contributed by atoms with E-state index in [1.807, 2.05) is 10.6 Å². The number of hydrogen-bond acceptors (Lipinski definition) is 2. The van der Waals surface area contributed by atoms with Crippen LogP contribution in [0.5, 0.6) is 0 Å². The van der Waals surface area contributed by atoms with Crippen molar-refractivity contribution in [2.24, 2.45) is 0 Å². The lowest BCUT2D eigenvalue weighted by Crippen LogP contribution is -2.29. The van der Waals surface area contributed by atoms with E-state index in [9.17, 15) is 22.8 Å². The molecule has 0 aliphatic heterocycles. The molecule has 0 atom stereocenters. The number of hydrogen-bond donors (Lipinski definition) is 2. The molecule has 7 heteroatoms. The van der Waals surface area contributed by atoms with E-state index in [4.69, 9.17) is 0 Å². The highest BCUT2D eigenvalue weighted by molar-refractivity contribution is 6.43. The summed E-state index contributed by atoms with van der Waals surface area (Å²) in [7, 11) is 0. The number of halogens is 3. The first-order chi connectivity index (χ1) is 9.97. The molecule has 0 heterocycles. The van der Waals surface area contributed by atoms with Gasteiger partial charge in [-0.05, 0) is 24.3 Å². The van der Waals surface area contributed by atoms with Crippen LogP contribution in [0, 0.1) is 17.5 Å². The van der Waals surface area contributed by atoms with E-state index in [-0.39, 0.29) is 11.4 Å². The summed E-state index contributed by atoms with van der Waals surface area (Å²) in [5, 5.41) is 4.00. The van der Waals surface area contributed by atoms with Crippen LogP contribution < -0.4 is 10.6 Å². The molecule has 4 nitrogen and oxygen atoms in total. The van der Waals surface area contributed by atoms with Gasteiger partial charge >= 0.3 is 11.8 Å². The van der Waals surface area contributed by atoms with Crippen molar-refractivity contribution < 1.29 is 22.8 Å². The topological polar surface area (TPSA) is 58.2 Å². The lowest BCUT2D eigenvalue weighted by atomic mass is 10.3. The molecule has 0 aliphatic rings. The zero-order chi connectivity index (χ0) is 15.4. The number of nitrogens with one attached hydrogen (secondary N) is 2. The second-order valence-electron chi connectivity index (χ2n) is 4.01. The number of benzene rings is 2. The first-order valence-electron chi connectivity index (χ1n) is 5.79. The molecule has 0 spiro atoms. The van der Waals surface area contributed by atoms with Gasteiger partial charge in [-0.3, -0.25) is 9.59 Å². The molecule has 0 fully saturated rings.